The van der Waals surface area contributed by atoms with Crippen LogP contribution in [0.3, 0.4) is 0 Å². The number of nitrogens with one attached hydrogen (secondary N) is 1. The number of rotatable bonds is 11. The number of thiazole rings is 1. The van der Waals surface area contributed by atoms with Crippen molar-refractivity contribution in [3.8, 4) is 11.3 Å². The van der Waals surface area contributed by atoms with Crippen LogP contribution in [0.2, 0.25) is 0 Å². The van der Waals surface area contributed by atoms with Crippen molar-refractivity contribution in [1.29, 1.82) is 0 Å². The predicted octanol–water partition coefficient (Wildman–Crippen LogP) is 7.67. The van der Waals surface area contributed by atoms with Crippen molar-refractivity contribution in [2.75, 3.05) is 6.61 Å². The summed E-state index contributed by atoms with van der Waals surface area (Å²) in [6.07, 6.45) is 5.53. The number of hydrogen-bond acceptors (Lipinski definition) is 6. The number of aromatic nitrogens is 1. The first-order valence-corrected chi connectivity index (χ1v) is 15.3. The molecule has 0 spiro atoms. The lowest BCUT2D eigenvalue weighted by Crippen LogP contribution is -2.45. The molecule has 0 aliphatic heterocycles. The van der Waals surface area contributed by atoms with E-state index < -0.39 is 24.3 Å². The molecule has 1 heterocycles. The Morgan fingerprint density at radius 3 is 2.38 bits per heavy atom. The predicted molar refractivity (Wildman–Crippen MR) is 160 cm³/mol. The number of benzene rings is 1. The number of carbonyl (C=O) groups excluding carboxylic acids is 2. The number of aliphatic hydroxyl groups excluding tert-OH is 1. The number of ketones is 1. The molecule has 0 bridgehead atoms. The van der Waals surface area contributed by atoms with Crippen molar-refractivity contribution >= 4 is 23.2 Å². The first-order chi connectivity index (χ1) is 18.2. The molecule has 2 aromatic rings. The maximum absolute atomic E-state index is 12.7. The highest BCUT2D eigenvalue weighted by molar-refractivity contribution is 7.10. The lowest BCUT2D eigenvalue weighted by molar-refractivity contribution is -0.122. The third-order valence-corrected chi connectivity index (χ3v) is 8.90. The molecule has 216 valence electrons. The van der Waals surface area contributed by atoms with Gasteiger partial charge in [0.1, 0.15) is 11.6 Å². The minimum atomic E-state index is -0.950. The minimum absolute atomic E-state index is 0.155. The number of hydrogen-bond donors (Lipinski definition) is 2. The molecule has 1 aliphatic carbocycles. The smallest absolute Gasteiger partial charge is 0.408 e. The van der Waals surface area contributed by atoms with Crippen molar-refractivity contribution < 1.29 is 19.4 Å². The molecule has 2 atom stereocenters. The second-order valence-electron chi connectivity index (χ2n) is 13.3. The van der Waals surface area contributed by atoms with Gasteiger partial charge in [0.25, 0.3) is 0 Å². The Morgan fingerprint density at radius 1 is 1.10 bits per heavy atom. The second kappa shape index (κ2) is 12.5. The van der Waals surface area contributed by atoms with Crippen LogP contribution in [0.4, 0.5) is 4.79 Å². The maximum Gasteiger partial charge on any atom is 0.408 e. The molecule has 3 rings (SSSR count). The monoisotopic (exact) mass is 556 g/mol. The topological polar surface area (TPSA) is 88.5 Å². The molecule has 39 heavy (non-hydrogen) atoms. The summed E-state index contributed by atoms with van der Waals surface area (Å²) in [7, 11) is 0. The zero-order valence-corrected chi connectivity index (χ0v) is 26.0. The number of aliphatic hydroxyl groups is 1. The van der Waals surface area contributed by atoms with Gasteiger partial charge >= 0.3 is 6.09 Å². The molecule has 1 amide bonds. The van der Waals surface area contributed by atoms with E-state index in [9.17, 15) is 14.7 Å². The lowest BCUT2D eigenvalue weighted by Gasteiger charge is -2.42. The summed E-state index contributed by atoms with van der Waals surface area (Å²) < 4.78 is 5.22. The van der Waals surface area contributed by atoms with E-state index in [0.29, 0.717) is 6.42 Å². The van der Waals surface area contributed by atoms with Crippen LogP contribution in [-0.4, -0.2) is 40.2 Å². The highest BCUT2D eigenvalue weighted by Crippen LogP contribution is 2.47. The third-order valence-electron chi connectivity index (χ3n) is 7.89. The lowest BCUT2D eigenvalue weighted by atomic mass is 9.63. The SMILES string of the molecule is CCCC(CCCC(=O)C(CO)NC(=O)OC(C)(C)C)c1nc(-c2ccc3c(c2)C(C)(C)CCC3(C)C)cs1. The highest BCUT2D eigenvalue weighted by atomic mass is 32.1. The van der Waals surface area contributed by atoms with Crippen LogP contribution in [-0.2, 0) is 20.4 Å². The van der Waals surface area contributed by atoms with Gasteiger partial charge in [-0.05, 0) is 80.9 Å². The molecule has 0 radical (unpaired) electrons. The fourth-order valence-corrected chi connectivity index (χ4v) is 6.47. The quantitative estimate of drug-likeness (QED) is 0.296. The largest absolute Gasteiger partial charge is 0.444 e. The minimum Gasteiger partial charge on any atom is -0.444 e. The van der Waals surface area contributed by atoms with Gasteiger partial charge in [0.05, 0.1) is 17.3 Å². The summed E-state index contributed by atoms with van der Waals surface area (Å²) in [4.78, 5) is 29.8. The van der Waals surface area contributed by atoms with Gasteiger partial charge in [0.15, 0.2) is 5.78 Å². The summed E-state index contributed by atoms with van der Waals surface area (Å²) in [6, 6.07) is 5.94. The van der Waals surface area contributed by atoms with Crippen molar-refractivity contribution in [2.45, 2.75) is 129 Å². The van der Waals surface area contributed by atoms with E-state index in [4.69, 9.17) is 9.72 Å². The fraction of sp³-hybridized carbons (Fsp3) is 0.656. The molecule has 1 aromatic carbocycles. The summed E-state index contributed by atoms with van der Waals surface area (Å²) in [5.41, 5.74) is 4.77. The number of carbonyl (C=O) groups is 2. The average Bonchev–Trinajstić information content (AvgIpc) is 3.34. The van der Waals surface area contributed by atoms with E-state index in [1.165, 1.54) is 29.5 Å². The van der Waals surface area contributed by atoms with Gasteiger partial charge in [0.2, 0.25) is 0 Å². The second-order valence-corrected chi connectivity index (χ2v) is 14.2. The van der Waals surface area contributed by atoms with Crippen LogP contribution >= 0.6 is 11.3 Å². The molecule has 1 aromatic heterocycles. The maximum atomic E-state index is 12.7. The summed E-state index contributed by atoms with van der Waals surface area (Å²) in [5.74, 6) is 0.0963. The van der Waals surface area contributed by atoms with Gasteiger partial charge in [-0.2, -0.15) is 0 Å². The van der Waals surface area contributed by atoms with E-state index in [2.05, 4.69) is 63.5 Å². The number of fused-ring (bicyclic) bond motifs is 1. The Hall–Kier alpha value is -2.25. The van der Waals surface area contributed by atoms with Crippen molar-refractivity contribution in [1.82, 2.24) is 10.3 Å². The summed E-state index contributed by atoms with van der Waals surface area (Å²) in [5, 5.41) is 15.4. The molecule has 2 unspecified atom stereocenters. The normalized spacial score (nSPS) is 17.7. The van der Waals surface area contributed by atoms with E-state index in [1.54, 1.807) is 32.1 Å². The van der Waals surface area contributed by atoms with Gasteiger partial charge in [-0.3, -0.25) is 4.79 Å². The number of nitrogens with zero attached hydrogens (tertiary/aromatic N) is 1. The molecule has 0 saturated heterocycles. The van der Waals surface area contributed by atoms with Gasteiger partial charge < -0.3 is 15.2 Å². The van der Waals surface area contributed by atoms with Crippen LogP contribution in [0, 0.1) is 0 Å². The Bertz CT molecular complexity index is 1150. The van der Waals surface area contributed by atoms with Crippen molar-refractivity contribution in [2.24, 2.45) is 0 Å². The Balaban J connectivity index is 1.67. The van der Waals surface area contributed by atoms with Crippen LogP contribution in [0.5, 0.6) is 0 Å². The zero-order chi connectivity index (χ0) is 29.0. The van der Waals surface area contributed by atoms with Gasteiger partial charge in [-0.25, -0.2) is 9.78 Å². The van der Waals surface area contributed by atoms with Gasteiger partial charge in [-0.15, -0.1) is 11.3 Å². The van der Waals surface area contributed by atoms with Crippen molar-refractivity contribution in [3.63, 3.8) is 0 Å². The molecule has 0 fully saturated rings. The Kier molecular flexibility index (Phi) is 10.0. The van der Waals surface area contributed by atoms with Crippen LogP contribution in [0.25, 0.3) is 11.3 Å². The molecule has 1 aliphatic rings. The molecule has 6 nitrogen and oxygen atoms in total. The molecule has 7 heteroatoms. The van der Waals surface area contributed by atoms with Gasteiger partial charge in [-0.1, -0.05) is 53.2 Å². The molecule has 0 saturated carbocycles. The number of Topliss-reactive ketones (excluding diaryl/α,β-unsaturated/α-hetero) is 1. The summed E-state index contributed by atoms with van der Waals surface area (Å²) in [6.45, 7) is 16.4. The summed E-state index contributed by atoms with van der Waals surface area (Å²) >= 11 is 1.70. The average molecular weight is 557 g/mol. The van der Waals surface area contributed by atoms with E-state index >= 15 is 0 Å². The van der Waals surface area contributed by atoms with E-state index in [1.807, 2.05) is 0 Å². The first kappa shape index (κ1) is 31.3. The zero-order valence-electron chi connectivity index (χ0n) is 25.1. The molecular weight excluding hydrogens is 508 g/mol. The number of alkyl carbamates (subject to hydrolysis) is 1. The van der Waals surface area contributed by atoms with Gasteiger partial charge in [0, 0.05) is 23.3 Å². The van der Waals surface area contributed by atoms with E-state index in [0.717, 1.165) is 30.0 Å². The first-order valence-electron chi connectivity index (χ1n) is 14.4. The van der Waals surface area contributed by atoms with Crippen LogP contribution in [0.1, 0.15) is 122 Å². The number of amides is 1. The molecule has 2 N–H and O–H groups in total. The van der Waals surface area contributed by atoms with Crippen molar-refractivity contribution in [3.05, 3.63) is 39.7 Å². The fourth-order valence-electron chi connectivity index (χ4n) is 5.47. The standard InChI is InChI=1S/C32H48N2O4S/c1-9-11-21(12-10-13-27(36)25(19-35)34-29(37)38-30(2,3)4)28-33-26(20-39-28)22-14-15-23-24(18-22)32(7,8)17-16-31(23,5)6/h14-15,18,20-21,25,35H,9-13,16-17,19H2,1-8H3,(H,34,37). The van der Waals surface area contributed by atoms with E-state index in [-0.39, 0.29) is 29.0 Å². The molecular formula is C32H48N2O4S. The van der Waals surface area contributed by atoms with Crippen LogP contribution in [0.15, 0.2) is 23.6 Å². The Labute approximate surface area is 239 Å². The van der Waals surface area contributed by atoms with Crippen LogP contribution < -0.4 is 5.32 Å². The third kappa shape index (κ3) is 8.14. The Morgan fingerprint density at radius 2 is 1.77 bits per heavy atom. The number of ether oxygens (including phenoxy) is 1. The highest BCUT2D eigenvalue weighted by Gasteiger charge is 2.37.